The molecule has 11 heteroatoms. The van der Waals surface area contributed by atoms with Crippen LogP contribution in [0.5, 0.6) is 0 Å². The van der Waals surface area contributed by atoms with Gasteiger partial charge >= 0.3 is 11.9 Å². The molecule has 1 heterocycles. The van der Waals surface area contributed by atoms with E-state index in [1.165, 1.54) is 23.5 Å². The number of nitrogens with one attached hydrogen (secondary N) is 2. The van der Waals surface area contributed by atoms with Gasteiger partial charge in [0.1, 0.15) is 11.5 Å². The first-order valence-electron chi connectivity index (χ1n) is 10.3. The maximum absolute atomic E-state index is 12.4. The van der Waals surface area contributed by atoms with Crippen LogP contribution in [-0.2, 0) is 35.5 Å². The number of ether oxygens (including phenoxy) is 2. The predicted molar refractivity (Wildman–Crippen MR) is 125 cm³/mol. The Morgan fingerprint density at radius 3 is 2.36 bits per heavy atom. The standard InChI is InChI=1S/C22H28N2O7S2/c1-5-30-22(27)20-16(10-14(2)3)13-32-21(20)24-18(25)12-31-19(26)11-23-33(28,29)17-8-6-15(4)7-9-17/h6-9,13-14,23H,5,10-12H2,1-4H3,(H,24,25). The Labute approximate surface area is 197 Å². The predicted octanol–water partition coefficient (Wildman–Crippen LogP) is 2.89. The van der Waals surface area contributed by atoms with Crippen molar-refractivity contribution in [1.29, 1.82) is 0 Å². The lowest BCUT2D eigenvalue weighted by Gasteiger charge is -2.10. The molecule has 0 saturated heterocycles. The van der Waals surface area contributed by atoms with Crippen LogP contribution in [0.4, 0.5) is 5.00 Å². The molecule has 1 aromatic carbocycles. The highest BCUT2D eigenvalue weighted by Crippen LogP contribution is 2.30. The summed E-state index contributed by atoms with van der Waals surface area (Å²) in [4.78, 5) is 36.6. The summed E-state index contributed by atoms with van der Waals surface area (Å²) in [6.45, 7) is 6.47. The van der Waals surface area contributed by atoms with Crippen molar-refractivity contribution in [3.05, 3.63) is 46.3 Å². The first kappa shape index (κ1) is 26.5. The highest BCUT2D eigenvalue weighted by Gasteiger charge is 2.23. The van der Waals surface area contributed by atoms with E-state index in [1.807, 2.05) is 20.8 Å². The highest BCUT2D eigenvalue weighted by molar-refractivity contribution is 7.89. The molecule has 0 saturated carbocycles. The lowest BCUT2D eigenvalue weighted by atomic mass is 10.0. The van der Waals surface area contributed by atoms with E-state index in [4.69, 9.17) is 9.47 Å². The number of rotatable bonds is 11. The third-order valence-electron chi connectivity index (χ3n) is 4.33. The second-order valence-corrected chi connectivity index (χ2v) is 10.3. The van der Waals surface area contributed by atoms with Crippen LogP contribution in [0.2, 0.25) is 0 Å². The molecule has 0 fully saturated rings. The quantitative estimate of drug-likeness (QED) is 0.458. The molecule has 1 aromatic heterocycles. The molecule has 0 radical (unpaired) electrons. The third-order valence-corrected chi connectivity index (χ3v) is 6.69. The maximum Gasteiger partial charge on any atom is 0.341 e. The van der Waals surface area contributed by atoms with Crippen molar-refractivity contribution < 1.29 is 32.3 Å². The molecule has 0 unspecified atom stereocenters. The normalized spacial score (nSPS) is 11.3. The zero-order valence-electron chi connectivity index (χ0n) is 19.0. The van der Waals surface area contributed by atoms with Gasteiger partial charge in [-0.1, -0.05) is 31.5 Å². The van der Waals surface area contributed by atoms with Gasteiger partial charge in [0, 0.05) is 0 Å². The average molecular weight is 497 g/mol. The van der Waals surface area contributed by atoms with E-state index in [0.29, 0.717) is 22.9 Å². The molecule has 0 aliphatic heterocycles. The fourth-order valence-corrected chi connectivity index (χ4v) is 4.77. The molecule has 33 heavy (non-hydrogen) atoms. The Kier molecular flexibility index (Phi) is 9.56. The Balaban J connectivity index is 1.93. The van der Waals surface area contributed by atoms with Gasteiger partial charge in [0.15, 0.2) is 6.61 Å². The summed E-state index contributed by atoms with van der Waals surface area (Å²) in [5.41, 5.74) is 1.96. The summed E-state index contributed by atoms with van der Waals surface area (Å²) in [5, 5.41) is 4.66. The topological polar surface area (TPSA) is 128 Å². The van der Waals surface area contributed by atoms with Crippen molar-refractivity contribution in [3.63, 3.8) is 0 Å². The molecule has 2 aromatic rings. The van der Waals surface area contributed by atoms with E-state index >= 15 is 0 Å². The number of sulfonamides is 1. The zero-order chi connectivity index (χ0) is 24.6. The van der Waals surface area contributed by atoms with Crippen molar-refractivity contribution in [1.82, 2.24) is 4.72 Å². The van der Waals surface area contributed by atoms with Crippen LogP contribution in [0.25, 0.3) is 0 Å². The van der Waals surface area contributed by atoms with Crippen LogP contribution in [0.3, 0.4) is 0 Å². The Morgan fingerprint density at radius 1 is 1.09 bits per heavy atom. The second kappa shape index (κ2) is 11.9. The SMILES string of the molecule is CCOC(=O)c1c(CC(C)C)csc1NC(=O)COC(=O)CNS(=O)(=O)c1ccc(C)cc1. The van der Waals surface area contributed by atoms with Gasteiger partial charge in [-0.05, 0) is 49.3 Å². The van der Waals surface area contributed by atoms with Gasteiger partial charge in [-0.15, -0.1) is 11.3 Å². The van der Waals surface area contributed by atoms with Crippen molar-refractivity contribution in [2.75, 3.05) is 25.1 Å². The van der Waals surface area contributed by atoms with Crippen LogP contribution in [-0.4, -0.2) is 46.0 Å². The summed E-state index contributed by atoms with van der Waals surface area (Å²) in [6, 6.07) is 6.12. The number of aryl methyl sites for hydroxylation is 1. The number of carbonyl (C=O) groups is 3. The van der Waals surface area contributed by atoms with Gasteiger partial charge in [0.05, 0.1) is 17.1 Å². The number of carbonyl (C=O) groups excluding carboxylic acids is 3. The number of thiophene rings is 1. The Bertz CT molecular complexity index is 1090. The van der Waals surface area contributed by atoms with E-state index in [9.17, 15) is 22.8 Å². The van der Waals surface area contributed by atoms with E-state index in [1.54, 1.807) is 24.4 Å². The molecule has 2 rings (SSSR count). The van der Waals surface area contributed by atoms with E-state index in [2.05, 4.69) is 10.0 Å². The minimum Gasteiger partial charge on any atom is -0.462 e. The van der Waals surface area contributed by atoms with Gasteiger partial charge in [-0.3, -0.25) is 9.59 Å². The lowest BCUT2D eigenvalue weighted by molar-refractivity contribution is -0.146. The third kappa shape index (κ3) is 7.95. The van der Waals surface area contributed by atoms with Crippen molar-refractivity contribution in [3.8, 4) is 0 Å². The molecular formula is C22H28N2O7S2. The van der Waals surface area contributed by atoms with Crippen LogP contribution in [0.15, 0.2) is 34.5 Å². The van der Waals surface area contributed by atoms with Crippen LogP contribution in [0.1, 0.15) is 42.3 Å². The second-order valence-electron chi connectivity index (χ2n) is 7.63. The maximum atomic E-state index is 12.4. The number of benzene rings is 1. The monoisotopic (exact) mass is 496 g/mol. The molecule has 9 nitrogen and oxygen atoms in total. The zero-order valence-corrected chi connectivity index (χ0v) is 20.6. The molecule has 0 spiro atoms. The molecule has 1 amide bonds. The van der Waals surface area contributed by atoms with Crippen molar-refractivity contribution in [2.24, 2.45) is 5.92 Å². The van der Waals surface area contributed by atoms with Gasteiger partial charge in [0.25, 0.3) is 5.91 Å². The molecule has 0 atom stereocenters. The summed E-state index contributed by atoms with van der Waals surface area (Å²) >= 11 is 1.18. The highest BCUT2D eigenvalue weighted by atomic mass is 32.2. The Hall–Kier alpha value is -2.76. The number of hydrogen-bond donors (Lipinski definition) is 2. The van der Waals surface area contributed by atoms with Crippen molar-refractivity contribution >= 4 is 44.2 Å². The summed E-state index contributed by atoms with van der Waals surface area (Å²) in [7, 11) is -3.89. The van der Waals surface area contributed by atoms with Gasteiger partial charge in [-0.25, -0.2) is 13.2 Å². The molecule has 180 valence electrons. The van der Waals surface area contributed by atoms with E-state index in [0.717, 1.165) is 11.1 Å². The minimum atomic E-state index is -3.89. The van der Waals surface area contributed by atoms with Gasteiger partial charge in [-0.2, -0.15) is 4.72 Å². The lowest BCUT2D eigenvalue weighted by Crippen LogP contribution is -2.32. The van der Waals surface area contributed by atoms with E-state index < -0.39 is 41.0 Å². The van der Waals surface area contributed by atoms with Gasteiger partial charge < -0.3 is 14.8 Å². The average Bonchev–Trinajstić information content (AvgIpc) is 3.12. The smallest absolute Gasteiger partial charge is 0.341 e. The first-order valence-corrected chi connectivity index (χ1v) is 12.7. The summed E-state index contributed by atoms with van der Waals surface area (Å²) in [6.07, 6.45) is 0.636. The number of anilines is 1. The van der Waals surface area contributed by atoms with Crippen LogP contribution < -0.4 is 10.0 Å². The minimum absolute atomic E-state index is 0.0139. The fourth-order valence-electron chi connectivity index (χ4n) is 2.82. The summed E-state index contributed by atoms with van der Waals surface area (Å²) < 4.78 is 36.5. The molecule has 2 N–H and O–H groups in total. The first-order chi connectivity index (χ1) is 15.5. The summed E-state index contributed by atoms with van der Waals surface area (Å²) in [5.74, 6) is -1.82. The Morgan fingerprint density at radius 2 is 1.76 bits per heavy atom. The van der Waals surface area contributed by atoms with E-state index in [-0.39, 0.29) is 11.5 Å². The number of hydrogen-bond acceptors (Lipinski definition) is 8. The number of esters is 2. The molecule has 0 aliphatic carbocycles. The fraction of sp³-hybridized carbons (Fsp3) is 0.409. The molecule has 0 aliphatic rings. The largest absolute Gasteiger partial charge is 0.462 e. The van der Waals surface area contributed by atoms with Crippen molar-refractivity contribution in [2.45, 2.75) is 39.0 Å². The van der Waals surface area contributed by atoms with Gasteiger partial charge in [0.2, 0.25) is 10.0 Å². The van der Waals surface area contributed by atoms with Crippen LogP contribution >= 0.6 is 11.3 Å². The molecule has 0 bridgehead atoms. The molecular weight excluding hydrogens is 468 g/mol. The number of amides is 1. The van der Waals surface area contributed by atoms with Crippen LogP contribution in [0, 0.1) is 12.8 Å².